The Morgan fingerprint density at radius 1 is 1.32 bits per heavy atom. The van der Waals surface area contributed by atoms with Gasteiger partial charge in [0, 0.05) is 16.6 Å². The van der Waals surface area contributed by atoms with Gasteiger partial charge in [-0.15, -0.1) is 11.3 Å². The maximum Gasteiger partial charge on any atom is 0.275 e. The highest BCUT2D eigenvalue weighted by atomic mass is 32.1. The average Bonchev–Trinajstić information content (AvgIpc) is 3.24. The molecule has 0 aliphatic carbocycles. The quantitative estimate of drug-likeness (QED) is 0.706. The summed E-state index contributed by atoms with van der Waals surface area (Å²) in [5.74, 6) is 0.171. The number of nitrogen functional groups attached to an aromatic ring is 1. The summed E-state index contributed by atoms with van der Waals surface area (Å²) in [4.78, 5) is 20.2. The van der Waals surface area contributed by atoms with Crippen LogP contribution >= 0.6 is 11.3 Å². The second kappa shape index (κ2) is 7.45. The molecule has 0 bridgehead atoms. The Hall–Kier alpha value is -2.71. The maximum atomic E-state index is 12.0. The molecule has 0 saturated heterocycles. The predicted octanol–water partition coefficient (Wildman–Crippen LogP) is 3.22. The molecule has 1 aromatic carbocycles. The molecule has 3 N–H and O–H groups in total. The normalized spacial score (nSPS) is 11.0. The van der Waals surface area contributed by atoms with Crippen LogP contribution in [0.4, 0.5) is 11.6 Å². The van der Waals surface area contributed by atoms with Gasteiger partial charge in [0.25, 0.3) is 5.91 Å². The lowest BCUT2D eigenvalue weighted by molar-refractivity contribution is 0.0306. The van der Waals surface area contributed by atoms with E-state index in [4.69, 9.17) is 10.5 Å². The molecule has 0 spiro atoms. The molecule has 1 amide bonds. The van der Waals surface area contributed by atoms with Gasteiger partial charge in [0.1, 0.15) is 12.4 Å². The molecule has 0 saturated carbocycles. The number of nitrogens with zero attached hydrogens (tertiary/aromatic N) is 3. The van der Waals surface area contributed by atoms with E-state index < -0.39 is 0 Å². The van der Waals surface area contributed by atoms with Crippen molar-refractivity contribution in [2.24, 2.45) is 0 Å². The van der Waals surface area contributed by atoms with Gasteiger partial charge in [-0.2, -0.15) is 0 Å². The molecule has 0 atom stereocenters. The van der Waals surface area contributed by atoms with E-state index >= 15 is 0 Å². The maximum absolute atomic E-state index is 12.0. The van der Waals surface area contributed by atoms with Crippen molar-refractivity contribution >= 4 is 28.9 Å². The van der Waals surface area contributed by atoms with Crippen molar-refractivity contribution in [3.05, 3.63) is 47.0 Å². The molecule has 0 fully saturated rings. The van der Waals surface area contributed by atoms with Gasteiger partial charge in [-0.05, 0) is 26.0 Å². The third-order valence-corrected chi connectivity index (χ3v) is 4.11. The molecule has 0 unspecified atom stereocenters. The number of benzene rings is 1. The molecule has 3 aromatic rings. The zero-order valence-corrected chi connectivity index (χ0v) is 14.8. The Labute approximate surface area is 149 Å². The number of thiazole rings is 1. The van der Waals surface area contributed by atoms with E-state index in [2.05, 4.69) is 15.3 Å². The molecule has 8 heteroatoms. The largest absolute Gasteiger partial charge is 0.369 e. The van der Waals surface area contributed by atoms with Crippen molar-refractivity contribution < 1.29 is 9.53 Å². The highest BCUT2D eigenvalue weighted by Gasteiger charge is 2.11. The molecule has 7 nitrogen and oxygen atoms in total. The number of aromatic nitrogens is 3. The number of amides is 1. The van der Waals surface area contributed by atoms with Crippen LogP contribution in [-0.2, 0) is 11.5 Å². The Morgan fingerprint density at radius 3 is 2.72 bits per heavy atom. The molecule has 2 aromatic heterocycles. The van der Waals surface area contributed by atoms with E-state index in [1.165, 1.54) is 11.3 Å². The summed E-state index contributed by atoms with van der Waals surface area (Å²) < 4.78 is 7.44. The molecular weight excluding hydrogens is 338 g/mol. The molecule has 25 heavy (non-hydrogen) atoms. The van der Waals surface area contributed by atoms with Crippen LogP contribution in [0, 0.1) is 0 Å². The molecular formula is C17H19N5O2S. The zero-order valence-electron chi connectivity index (χ0n) is 14.0. The van der Waals surface area contributed by atoms with Crippen molar-refractivity contribution in [2.45, 2.75) is 26.7 Å². The van der Waals surface area contributed by atoms with E-state index in [0.29, 0.717) is 24.1 Å². The Kier molecular flexibility index (Phi) is 5.11. The van der Waals surface area contributed by atoms with Crippen molar-refractivity contribution in [2.75, 3.05) is 11.1 Å². The fourth-order valence-electron chi connectivity index (χ4n) is 2.22. The first-order valence-electron chi connectivity index (χ1n) is 7.77. The minimum atomic E-state index is -0.228. The van der Waals surface area contributed by atoms with Gasteiger partial charge < -0.3 is 15.8 Å². The first-order chi connectivity index (χ1) is 12.0. The summed E-state index contributed by atoms with van der Waals surface area (Å²) in [6.45, 7) is 4.26. The fourth-order valence-corrected chi connectivity index (χ4v) is 2.76. The summed E-state index contributed by atoms with van der Waals surface area (Å²) in [5.41, 5.74) is 10.4. The molecule has 0 radical (unpaired) electrons. The lowest BCUT2D eigenvalue weighted by atomic mass is 10.1. The van der Waals surface area contributed by atoms with Crippen LogP contribution in [0.25, 0.3) is 11.3 Å². The minimum Gasteiger partial charge on any atom is -0.369 e. The smallest absolute Gasteiger partial charge is 0.275 e. The number of nitrogens with two attached hydrogens (primary N) is 1. The summed E-state index contributed by atoms with van der Waals surface area (Å²) in [6, 6.07) is 7.46. The molecule has 0 aliphatic heterocycles. The van der Waals surface area contributed by atoms with Gasteiger partial charge in [0.2, 0.25) is 5.95 Å². The number of hydrogen-bond donors (Lipinski definition) is 2. The third kappa shape index (κ3) is 4.04. The molecule has 130 valence electrons. The first-order valence-corrected chi connectivity index (χ1v) is 8.71. The first kappa shape index (κ1) is 17.1. The van der Waals surface area contributed by atoms with Crippen LogP contribution in [0.1, 0.15) is 24.3 Å². The Balaban J connectivity index is 1.75. The Bertz CT molecular complexity index is 841. The number of imidazole rings is 1. The van der Waals surface area contributed by atoms with Gasteiger partial charge >= 0.3 is 0 Å². The number of ether oxygens (including phenoxy) is 1. The van der Waals surface area contributed by atoms with Gasteiger partial charge in [0.15, 0.2) is 0 Å². The summed E-state index contributed by atoms with van der Waals surface area (Å²) in [6.07, 6.45) is 1.81. The average molecular weight is 357 g/mol. The standard InChI is InChI=1S/C17H19N5O2S/c1-11(2)24-10-22-15(7-19-17(22)18)12-3-5-13(6-4-12)21-16(23)14-8-25-9-20-14/h3-9,11H,10H2,1-2H3,(H2,18,19)(H,21,23). The second-order valence-electron chi connectivity index (χ2n) is 5.68. The van der Waals surface area contributed by atoms with Gasteiger partial charge in [-0.25, -0.2) is 9.97 Å². The summed E-state index contributed by atoms with van der Waals surface area (Å²) in [7, 11) is 0. The number of carbonyl (C=O) groups excluding carboxylic acids is 1. The number of rotatable bonds is 6. The topological polar surface area (TPSA) is 95.1 Å². The van der Waals surface area contributed by atoms with Crippen molar-refractivity contribution in [3.63, 3.8) is 0 Å². The minimum absolute atomic E-state index is 0.0953. The molecule has 3 rings (SSSR count). The second-order valence-corrected chi connectivity index (χ2v) is 6.40. The monoisotopic (exact) mass is 357 g/mol. The van der Waals surface area contributed by atoms with E-state index in [0.717, 1.165) is 11.3 Å². The zero-order chi connectivity index (χ0) is 17.8. The third-order valence-electron chi connectivity index (χ3n) is 3.53. The van der Waals surface area contributed by atoms with Gasteiger partial charge in [-0.3, -0.25) is 9.36 Å². The van der Waals surface area contributed by atoms with E-state index in [1.54, 1.807) is 17.1 Å². The summed E-state index contributed by atoms with van der Waals surface area (Å²) >= 11 is 1.38. The van der Waals surface area contributed by atoms with E-state index in [1.807, 2.05) is 42.7 Å². The number of anilines is 2. The Morgan fingerprint density at radius 2 is 2.08 bits per heavy atom. The van der Waals surface area contributed by atoms with Gasteiger partial charge in [-0.1, -0.05) is 12.1 Å². The highest BCUT2D eigenvalue weighted by Crippen LogP contribution is 2.24. The van der Waals surface area contributed by atoms with Crippen LogP contribution < -0.4 is 11.1 Å². The van der Waals surface area contributed by atoms with Crippen molar-refractivity contribution in [3.8, 4) is 11.3 Å². The van der Waals surface area contributed by atoms with Crippen LogP contribution in [0.5, 0.6) is 0 Å². The number of hydrogen-bond acceptors (Lipinski definition) is 6. The lowest BCUT2D eigenvalue weighted by Crippen LogP contribution is -2.12. The van der Waals surface area contributed by atoms with Crippen LogP contribution in [-0.4, -0.2) is 26.5 Å². The van der Waals surface area contributed by atoms with E-state index in [9.17, 15) is 4.79 Å². The van der Waals surface area contributed by atoms with Crippen LogP contribution in [0.2, 0.25) is 0 Å². The number of carbonyl (C=O) groups is 1. The molecule has 0 aliphatic rings. The van der Waals surface area contributed by atoms with Crippen LogP contribution in [0.3, 0.4) is 0 Å². The fraction of sp³-hybridized carbons (Fsp3) is 0.235. The van der Waals surface area contributed by atoms with Crippen molar-refractivity contribution in [1.29, 1.82) is 0 Å². The summed E-state index contributed by atoms with van der Waals surface area (Å²) in [5, 5.41) is 4.52. The molecule has 2 heterocycles. The highest BCUT2D eigenvalue weighted by molar-refractivity contribution is 7.07. The SMILES string of the molecule is CC(C)OCn1c(-c2ccc(NC(=O)c3cscn3)cc2)cnc1N. The van der Waals surface area contributed by atoms with Crippen LogP contribution in [0.15, 0.2) is 41.4 Å². The van der Waals surface area contributed by atoms with E-state index in [-0.39, 0.29) is 12.0 Å². The van der Waals surface area contributed by atoms with Gasteiger partial charge in [0.05, 0.1) is 23.5 Å². The number of nitrogens with one attached hydrogen (secondary N) is 1. The lowest BCUT2D eigenvalue weighted by Gasteiger charge is -2.13. The van der Waals surface area contributed by atoms with Crippen molar-refractivity contribution in [1.82, 2.24) is 14.5 Å². The predicted molar refractivity (Wildman–Crippen MR) is 98.4 cm³/mol.